The van der Waals surface area contributed by atoms with E-state index in [2.05, 4.69) is 98.0 Å². The van der Waals surface area contributed by atoms with Gasteiger partial charge in [-0.25, -0.2) is 0 Å². The van der Waals surface area contributed by atoms with Gasteiger partial charge in [0.1, 0.15) is 17.6 Å². The van der Waals surface area contributed by atoms with E-state index in [0.717, 1.165) is 6.42 Å². The largest absolute Gasteiger partial charge is 0.101 e. The van der Waals surface area contributed by atoms with Crippen molar-refractivity contribution in [1.29, 1.82) is 0 Å². The molecule has 4 aromatic rings. The first-order valence-electron chi connectivity index (χ1n) is 10.6. The van der Waals surface area contributed by atoms with E-state index in [0.29, 0.717) is 0 Å². The van der Waals surface area contributed by atoms with Gasteiger partial charge in [-0.1, -0.05) is 113 Å². The van der Waals surface area contributed by atoms with Crippen molar-refractivity contribution < 1.29 is 0 Å². The highest BCUT2D eigenvalue weighted by atomic mass is 28.3. The van der Waals surface area contributed by atoms with Crippen molar-refractivity contribution >= 4 is 38.3 Å². The molecule has 0 unspecified atom stereocenters. The van der Waals surface area contributed by atoms with E-state index in [1.807, 2.05) is 0 Å². The second kappa shape index (κ2) is 6.41. The van der Waals surface area contributed by atoms with Gasteiger partial charge in [-0.2, -0.15) is 0 Å². The lowest BCUT2D eigenvalue weighted by atomic mass is 9.96. The highest BCUT2D eigenvalue weighted by molar-refractivity contribution is 6.88. The molecule has 4 aromatic carbocycles. The average Bonchev–Trinajstić information content (AvgIpc) is 3.05. The molecule has 0 aliphatic carbocycles. The summed E-state index contributed by atoms with van der Waals surface area (Å²) in [6, 6.07) is 32.6. The Morgan fingerprint density at radius 1 is 0.517 bits per heavy atom. The Balaban J connectivity index is 1.45. The molecule has 0 bridgehead atoms. The van der Waals surface area contributed by atoms with Crippen LogP contribution in [0.25, 0.3) is 22.3 Å². The fourth-order valence-corrected chi connectivity index (χ4v) is 10.6. The van der Waals surface area contributed by atoms with Crippen LogP contribution in [0.1, 0.15) is 11.1 Å². The molecule has 0 amide bonds. The highest BCUT2D eigenvalue weighted by Gasteiger charge is 2.27. The Labute approximate surface area is 176 Å². The van der Waals surface area contributed by atoms with Crippen molar-refractivity contribution in [3.63, 3.8) is 0 Å². The van der Waals surface area contributed by atoms with E-state index < -0.39 is 17.6 Å². The van der Waals surface area contributed by atoms with Crippen LogP contribution in [0.2, 0.25) is 13.1 Å². The predicted molar refractivity (Wildman–Crippen MR) is 131 cm³/mol. The van der Waals surface area contributed by atoms with Crippen molar-refractivity contribution in [1.82, 2.24) is 0 Å². The average molecular weight is 405 g/mol. The van der Waals surface area contributed by atoms with Gasteiger partial charge in [0.25, 0.3) is 0 Å². The third-order valence-corrected chi connectivity index (χ3v) is 12.9. The topological polar surface area (TPSA) is 0 Å². The monoisotopic (exact) mass is 404 g/mol. The van der Waals surface area contributed by atoms with E-state index in [1.165, 1.54) is 22.3 Å². The lowest BCUT2D eigenvalue weighted by Crippen LogP contribution is -2.46. The zero-order valence-electron chi connectivity index (χ0n) is 16.9. The molecular weight excluding hydrogens is 380 g/mol. The van der Waals surface area contributed by atoms with Gasteiger partial charge < -0.3 is 0 Å². The summed E-state index contributed by atoms with van der Waals surface area (Å²) in [6.45, 7) is 4.95. The van der Waals surface area contributed by atoms with Crippen molar-refractivity contribution in [2.45, 2.75) is 19.5 Å². The second-order valence-electron chi connectivity index (χ2n) is 8.62. The van der Waals surface area contributed by atoms with Gasteiger partial charge in [-0.15, -0.1) is 0 Å². The number of benzene rings is 4. The molecule has 2 atom stereocenters. The Morgan fingerprint density at radius 3 is 1.97 bits per heavy atom. The summed E-state index contributed by atoms with van der Waals surface area (Å²) in [7, 11) is -2.09. The maximum Gasteiger partial charge on any atom is 0.101 e. The Morgan fingerprint density at radius 2 is 1.10 bits per heavy atom. The van der Waals surface area contributed by atoms with Crippen molar-refractivity contribution in [2.75, 3.05) is 0 Å². The summed E-state index contributed by atoms with van der Waals surface area (Å²) >= 11 is 0. The standard InChI is InChI=1S/C27H24Si2/c1-28-24-9-5-3-7-20(24)16-21-15-18(11-13-25(21)28)19-12-14-27-23(17-19)22-8-4-6-10-26(22)29(27)2/h3-15,17,28-29H,16H2,1-2H3/t28-,29+/m1/s1. The molecule has 0 aromatic heterocycles. The Kier molecular flexibility index (Phi) is 3.80. The van der Waals surface area contributed by atoms with Crippen LogP contribution < -0.4 is 20.7 Å². The minimum absolute atomic E-state index is 1.02. The van der Waals surface area contributed by atoms with Crippen LogP contribution in [0.4, 0.5) is 0 Å². The Bertz CT molecular complexity index is 1270. The molecule has 0 saturated carbocycles. The molecule has 2 aliphatic heterocycles. The summed E-state index contributed by atoms with van der Waals surface area (Å²) in [6.07, 6.45) is 1.08. The third-order valence-electron chi connectivity index (χ3n) is 7.08. The van der Waals surface area contributed by atoms with E-state index in [-0.39, 0.29) is 0 Å². The quantitative estimate of drug-likeness (QED) is 0.428. The van der Waals surface area contributed by atoms with Crippen LogP contribution in [0.3, 0.4) is 0 Å². The van der Waals surface area contributed by atoms with Gasteiger partial charge in [0.2, 0.25) is 0 Å². The molecule has 2 heterocycles. The molecule has 0 N–H and O–H groups in total. The zero-order valence-corrected chi connectivity index (χ0v) is 19.3. The number of fused-ring (bicyclic) bond motifs is 5. The van der Waals surface area contributed by atoms with Gasteiger partial charge in [-0.05, 0) is 45.9 Å². The van der Waals surface area contributed by atoms with Gasteiger partial charge in [0.15, 0.2) is 0 Å². The second-order valence-corrected chi connectivity index (χ2v) is 14.0. The van der Waals surface area contributed by atoms with E-state index in [1.54, 1.807) is 31.9 Å². The minimum Gasteiger partial charge on any atom is -0.0641 e. The number of hydrogen-bond acceptors (Lipinski definition) is 0. The van der Waals surface area contributed by atoms with Crippen LogP contribution in [0.5, 0.6) is 0 Å². The summed E-state index contributed by atoms with van der Waals surface area (Å²) in [4.78, 5) is 0. The maximum absolute atomic E-state index is 2.48. The number of rotatable bonds is 1. The van der Waals surface area contributed by atoms with Crippen LogP contribution >= 0.6 is 0 Å². The van der Waals surface area contributed by atoms with Gasteiger partial charge in [0, 0.05) is 0 Å². The first-order chi connectivity index (χ1) is 14.2. The molecule has 29 heavy (non-hydrogen) atoms. The first-order valence-corrected chi connectivity index (χ1v) is 15.3. The van der Waals surface area contributed by atoms with E-state index >= 15 is 0 Å². The van der Waals surface area contributed by atoms with Gasteiger partial charge in [0.05, 0.1) is 0 Å². The smallest absolute Gasteiger partial charge is 0.0641 e. The molecule has 0 nitrogen and oxygen atoms in total. The fourth-order valence-electron chi connectivity index (χ4n) is 5.49. The minimum atomic E-state index is -1.07. The molecule has 2 aliphatic rings. The summed E-state index contributed by atoms with van der Waals surface area (Å²) < 4.78 is 0. The van der Waals surface area contributed by atoms with Crippen LogP contribution in [-0.2, 0) is 6.42 Å². The molecule has 0 spiro atoms. The highest BCUT2D eigenvalue weighted by Crippen LogP contribution is 2.29. The SMILES string of the molecule is C[Si@@H]1c2ccccc2Cc2cc(-c3ccc4c(c3)-c3ccccc3[Si@@H]4C)ccc21. The third kappa shape index (κ3) is 2.56. The summed E-state index contributed by atoms with van der Waals surface area (Å²) in [5.41, 5.74) is 8.76. The summed E-state index contributed by atoms with van der Waals surface area (Å²) in [5.74, 6) is 0. The van der Waals surface area contributed by atoms with Crippen LogP contribution in [0, 0.1) is 0 Å². The Hall–Kier alpha value is -2.69. The molecule has 140 valence electrons. The lowest BCUT2D eigenvalue weighted by molar-refractivity contribution is 1.21. The lowest BCUT2D eigenvalue weighted by Gasteiger charge is -2.25. The van der Waals surface area contributed by atoms with Gasteiger partial charge >= 0.3 is 0 Å². The molecule has 0 saturated heterocycles. The number of hydrogen-bond donors (Lipinski definition) is 0. The van der Waals surface area contributed by atoms with Crippen molar-refractivity contribution in [3.05, 3.63) is 96.1 Å². The predicted octanol–water partition coefficient (Wildman–Crippen LogP) is 3.18. The molecule has 0 radical (unpaired) electrons. The molecular formula is C27H24Si2. The van der Waals surface area contributed by atoms with E-state index in [4.69, 9.17) is 0 Å². The van der Waals surface area contributed by atoms with Crippen molar-refractivity contribution in [3.8, 4) is 22.3 Å². The molecule has 6 rings (SSSR count). The molecule has 0 fully saturated rings. The maximum atomic E-state index is 2.48. The molecule has 2 heteroatoms. The zero-order chi connectivity index (χ0) is 19.5. The van der Waals surface area contributed by atoms with E-state index in [9.17, 15) is 0 Å². The normalized spacial score (nSPS) is 18.6. The van der Waals surface area contributed by atoms with Crippen LogP contribution in [0.15, 0.2) is 84.9 Å². The van der Waals surface area contributed by atoms with Gasteiger partial charge in [-0.3, -0.25) is 0 Å². The summed E-state index contributed by atoms with van der Waals surface area (Å²) in [5, 5.41) is 6.45. The fraction of sp³-hybridized carbons (Fsp3) is 0.111. The van der Waals surface area contributed by atoms with Crippen molar-refractivity contribution in [2.24, 2.45) is 0 Å². The first kappa shape index (κ1) is 17.2. The van der Waals surface area contributed by atoms with Crippen LogP contribution in [-0.4, -0.2) is 17.6 Å².